The van der Waals surface area contributed by atoms with Crippen LogP contribution in [0.15, 0.2) is 36.4 Å². The van der Waals surface area contributed by atoms with E-state index in [1.807, 2.05) is 36.4 Å². The minimum atomic E-state index is -0.797. The van der Waals surface area contributed by atoms with Crippen LogP contribution < -0.4 is 5.73 Å². The van der Waals surface area contributed by atoms with Crippen molar-refractivity contribution >= 4 is 11.7 Å². The van der Waals surface area contributed by atoms with Crippen molar-refractivity contribution in [1.29, 1.82) is 0 Å². The second-order valence-corrected chi connectivity index (χ2v) is 4.66. The van der Waals surface area contributed by atoms with Gasteiger partial charge in [0.25, 0.3) is 0 Å². The van der Waals surface area contributed by atoms with Crippen LogP contribution in [-0.2, 0) is 17.6 Å². The van der Waals surface area contributed by atoms with Gasteiger partial charge in [0.05, 0.1) is 6.42 Å². The molecular weight excluding hydrogens is 226 g/mol. The lowest BCUT2D eigenvalue weighted by Gasteiger charge is -2.03. The van der Waals surface area contributed by atoms with E-state index in [0.717, 1.165) is 17.7 Å². The van der Waals surface area contributed by atoms with E-state index in [2.05, 4.69) is 0 Å². The zero-order valence-corrected chi connectivity index (χ0v) is 9.81. The summed E-state index contributed by atoms with van der Waals surface area (Å²) in [5.41, 5.74) is 12.2. The molecule has 0 aliphatic heterocycles. The fourth-order valence-corrected chi connectivity index (χ4v) is 2.57. The van der Waals surface area contributed by atoms with Gasteiger partial charge in [0.15, 0.2) is 0 Å². The van der Waals surface area contributed by atoms with E-state index in [-0.39, 0.29) is 6.42 Å². The maximum absolute atomic E-state index is 10.7. The van der Waals surface area contributed by atoms with Crippen LogP contribution in [0.3, 0.4) is 0 Å². The van der Waals surface area contributed by atoms with Crippen LogP contribution in [0.1, 0.15) is 16.7 Å². The summed E-state index contributed by atoms with van der Waals surface area (Å²) >= 11 is 0. The number of nitrogens with two attached hydrogens (primary N) is 1. The summed E-state index contributed by atoms with van der Waals surface area (Å²) in [6, 6.07) is 11.8. The molecule has 0 bridgehead atoms. The average Bonchev–Trinajstić information content (AvgIpc) is 2.64. The third kappa shape index (κ3) is 1.74. The first-order valence-corrected chi connectivity index (χ1v) is 5.86. The highest BCUT2D eigenvalue weighted by atomic mass is 16.4. The van der Waals surface area contributed by atoms with Crippen LogP contribution in [0.2, 0.25) is 0 Å². The quantitative estimate of drug-likeness (QED) is 0.675. The fraction of sp³-hybridized carbons (Fsp3) is 0.133. The number of hydrogen-bond donors (Lipinski definition) is 2. The molecule has 3 nitrogen and oxygen atoms in total. The number of carboxylic acid groups (broad SMARTS) is 1. The van der Waals surface area contributed by atoms with Crippen molar-refractivity contribution in [3.63, 3.8) is 0 Å². The molecule has 0 fully saturated rings. The molecule has 0 heterocycles. The van der Waals surface area contributed by atoms with Crippen molar-refractivity contribution in [2.24, 2.45) is 0 Å². The number of carboxylic acids is 1. The average molecular weight is 239 g/mol. The van der Waals surface area contributed by atoms with Gasteiger partial charge in [0.1, 0.15) is 0 Å². The lowest BCUT2D eigenvalue weighted by molar-refractivity contribution is -0.136. The van der Waals surface area contributed by atoms with Gasteiger partial charge in [-0.2, -0.15) is 0 Å². The standard InChI is InChI=1S/C15H13NO2/c16-12-2-4-14-11(8-12)7-10-5-9(6-15(17)18)1-3-13(10)14/h1-5,8H,6-7,16H2,(H,17,18). The van der Waals surface area contributed by atoms with Crippen molar-refractivity contribution in [2.75, 3.05) is 5.73 Å². The molecule has 3 rings (SSSR count). The molecule has 2 aromatic rings. The second-order valence-electron chi connectivity index (χ2n) is 4.66. The van der Waals surface area contributed by atoms with Gasteiger partial charge < -0.3 is 10.8 Å². The molecule has 18 heavy (non-hydrogen) atoms. The highest BCUT2D eigenvalue weighted by Crippen LogP contribution is 2.37. The topological polar surface area (TPSA) is 63.3 Å². The molecule has 0 amide bonds. The largest absolute Gasteiger partial charge is 0.481 e. The number of aliphatic carboxylic acids is 1. The summed E-state index contributed by atoms with van der Waals surface area (Å²) in [5.74, 6) is -0.797. The maximum atomic E-state index is 10.7. The minimum absolute atomic E-state index is 0.0752. The molecule has 2 aromatic carbocycles. The van der Waals surface area contributed by atoms with E-state index >= 15 is 0 Å². The fourth-order valence-electron chi connectivity index (χ4n) is 2.57. The first-order chi connectivity index (χ1) is 8.63. The number of rotatable bonds is 2. The molecular formula is C15H13NO2. The van der Waals surface area contributed by atoms with E-state index in [0.29, 0.717) is 0 Å². The Hall–Kier alpha value is -2.29. The SMILES string of the molecule is Nc1ccc2c(c1)Cc1cc(CC(=O)O)ccc1-2. The Kier molecular flexibility index (Phi) is 2.33. The Morgan fingerprint density at radius 3 is 2.50 bits per heavy atom. The van der Waals surface area contributed by atoms with E-state index in [4.69, 9.17) is 10.8 Å². The second kappa shape index (κ2) is 3.88. The van der Waals surface area contributed by atoms with Crippen LogP contribution in [0.5, 0.6) is 0 Å². The molecule has 1 aliphatic carbocycles. The normalized spacial score (nSPS) is 12.0. The highest BCUT2D eigenvalue weighted by Gasteiger charge is 2.18. The van der Waals surface area contributed by atoms with Crippen LogP contribution in [0.25, 0.3) is 11.1 Å². The van der Waals surface area contributed by atoms with Crippen molar-refractivity contribution in [1.82, 2.24) is 0 Å². The third-order valence-electron chi connectivity index (χ3n) is 3.33. The van der Waals surface area contributed by atoms with Gasteiger partial charge in [-0.15, -0.1) is 0 Å². The lowest BCUT2D eigenvalue weighted by Crippen LogP contribution is -2.00. The van der Waals surface area contributed by atoms with Gasteiger partial charge in [0.2, 0.25) is 0 Å². The summed E-state index contributed by atoms with van der Waals surface area (Å²) in [4.78, 5) is 10.7. The van der Waals surface area contributed by atoms with Crippen LogP contribution in [0, 0.1) is 0 Å². The molecule has 0 unspecified atom stereocenters. The van der Waals surface area contributed by atoms with Gasteiger partial charge in [-0.05, 0) is 46.4 Å². The number of anilines is 1. The van der Waals surface area contributed by atoms with Crippen molar-refractivity contribution in [3.05, 3.63) is 53.1 Å². The molecule has 1 aliphatic rings. The zero-order chi connectivity index (χ0) is 12.7. The smallest absolute Gasteiger partial charge is 0.307 e. The number of hydrogen-bond acceptors (Lipinski definition) is 2. The van der Waals surface area contributed by atoms with E-state index < -0.39 is 5.97 Å². The number of benzene rings is 2. The third-order valence-corrected chi connectivity index (χ3v) is 3.33. The van der Waals surface area contributed by atoms with Gasteiger partial charge in [-0.3, -0.25) is 4.79 Å². The first-order valence-electron chi connectivity index (χ1n) is 5.86. The van der Waals surface area contributed by atoms with Gasteiger partial charge in [0, 0.05) is 5.69 Å². The summed E-state index contributed by atoms with van der Waals surface area (Å²) < 4.78 is 0. The van der Waals surface area contributed by atoms with Crippen LogP contribution in [0.4, 0.5) is 5.69 Å². The predicted octanol–water partition coefficient (Wildman–Crippen LogP) is 2.47. The highest BCUT2D eigenvalue weighted by molar-refractivity contribution is 5.79. The molecule has 0 saturated carbocycles. The van der Waals surface area contributed by atoms with E-state index in [1.54, 1.807) is 0 Å². The van der Waals surface area contributed by atoms with Gasteiger partial charge >= 0.3 is 5.97 Å². The van der Waals surface area contributed by atoms with Crippen molar-refractivity contribution in [3.8, 4) is 11.1 Å². The van der Waals surface area contributed by atoms with Crippen LogP contribution >= 0.6 is 0 Å². The lowest BCUT2D eigenvalue weighted by atomic mass is 10.0. The Labute approximate surface area is 105 Å². The molecule has 3 N–H and O–H groups in total. The Morgan fingerprint density at radius 1 is 1.11 bits per heavy atom. The van der Waals surface area contributed by atoms with Gasteiger partial charge in [-0.1, -0.05) is 24.3 Å². The Morgan fingerprint density at radius 2 is 1.78 bits per heavy atom. The molecule has 0 radical (unpaired) electrons. The summed E-state index contributed by atoms with van der Waals surface area (Å²) in [6.07, 6.45) is 0.912. The minimum Gasteiger partial charge on any atom is -0.481 e. The molecule has 0 spiro atoms. The first kappa shape index (κ1) is 10.8. The summed E-state index contributed by atoms with van der Waals surface area (Å²) in [7, 11) is 0. The van der Waals surface area contributed by atoms with Crippen molar-refractivity contribution < 1.29 is 9.90 Å². The number of fused-ring (bicyclic) bond motifs is 3. The summed E-state index contributed by atoms with van der Waals surface area (Å²) in [6.45, 7) is 0. The molecule has 0 saturated heterocycles. The van der Waals surface area contributed by atoms with Crippen molar-refractivity contribution in [2.45, 2.75) is 12.8 Å². The number of carbonyl (C=O) groups is 1. The van der Waals surface area contributed by atoms with Crippen LogP contribution in [-0.4, -0.2) is 11.1 Å². The zero-order valence-electron chi connectivity index (χ0n) is 9.81. The Balaban J connectivity index is 2.03. The maximum Gasteiger partial charge on any atom is 0.307 e. The molecule has 3 heteroatoms. The molecule has 0 atom stereocenters. The van der Waals surface area contributed by atoms with E-state index in [9.17, 15) is 4.79 Å². The Bertz CT molecular complexity index is 647. The number of nitrogen functional groups attached to an aromatic ring is 1. The van der Waals surface area contributed by atoms with Gasteiger partial charge in [-0.25, -0.2) is 0 Å². The molecule has 0 aromatic heterocycles. The predicted molar refractivity (Wildman–Crippen MR) is 70.4 cm³/mol. The summed E-state index contributed by atoms with van der Waals surface area (Å²) in [5, 5.41) is 8.81. The molecule has 90 valence electrons. The monoisotopic (exact) mass is 239 g/mol. The van der Waals surface area contributed by atoms with E-state index in [1.165, 1.54) is 22.3 Å².